The zero-order valence-corrected chi connectivity index (χ0v) is 17.1. The fourth-order valence-corrected chi connectivity index (χ4v) is 4.45. The average Bonchev–Trinajstić information content (AvgIpc) is 3.46. The van der Waals surface area contributed by atoms with Crippen LogP contribution in [0.3, 0.4) is 0 Å². The number of H-pyrrole nitrogens is 1. The molecule has 0 aliphatic carbocycles. The number of aromatic amines is 1. The van der Waals surface area contributed by atoms with Gasteiger partial charge in [-0.3, -0.25) is 9.47 Å². The van der Waals surface area contributed by atoms with E-state index in [2.05, 4.69) is 87.0 Å². The van der Waals surface area contributed by atoms with Crippen LogP contribution in [-0.4, -0.2) is 43.8 Å². The minimum Gasteiger partial charge on any atom is -0.361 e. The molecule has 1 unspecified atom stereocenters. The fourth-order valence-electron chi connectivity index (χ4n) is 4.45. The second kappa shape index (κ2) is 8.67. The number of aryl methyl sites for hydroxylation is 1. The lowest BCUT2D eigenvalue weighted by molar-refractivity contribution is 0.219. The van der Waals surface area contributed by atoms with Crippen molar-refractivity contribution in [2.45, 2.75) is 31.7 Å². The van der Waals surface area contributed by atoms with Crippen LogP contribution in [0.5, 0.6) is 0 Å². The van der Waals surface area contributed by atoms with E-state index >= 15 is 0 Å². The molecule has 0 saturated carbocycles. The van der Waals surface area contributed by atoms with Gasteiger partial charge < -0.3 is 4.98 Å². The van der Waals surface area contributed by atoms with Crippen molar-refractivity contribution in [1.29, 1.82) is 0 Å². The van der Waals surface area contributed by atoms with Crippen LogP contribution in [0.2, 0.25) is 0 Å². The summed E-state index contributed by atoms with van der Waals surface area (Å²) in [5.41, 5.74) is 5.08. The number of nitrogens with one attached hydrogen (secondary N) is 1. The molecule has 0 amide bonds. The molecule has 0 spiro atoms. The van der Waals surface area contributed by atoms with Crippen LogP contribution in [0.1, 0.15) is 24.0 Å². The standard InChI is InChI=1S/C25H27N5/c1-2-7-20(8-3-1)15-22-10-4-5-13-29(22)14-6-9-21-17-26-25-12-11-23(16-24(21)25)30-18-27-28-19-30/h1-4,7-8,10-12,16-19,22,26H,5-6,9,13-15H2. The van der Waals surface area contributed by atoms with Crippen LogP contribution >= 0.6 is 0 Å². The zero-order valence-electron chi connectivity index (χ0n) is 17.1. The molecule has 5 nitrogen and oxygen atoms in total. The number of rotatable bonds is 7. The summed E-state index contributed by atoms with van der Waals surface area (Å²) < 4.78 is 1.95. The zero-order chi connectivity index (χ0) is 20.2. The van der Waals surface area contributed by atoms with E-state index in [4.69, 9.17) is 0 Å². The van der Waals surface area contributed by atoms with Gasteiger partial charge in [-0.25, -0.2) is 0 Å². The van der Waals surface area contributed by atoms with Crippen molar-refractivity contribution in [2.75, 3.05) is 13.1 Å². The summed E-state index contributed by atoms with van der Waals surface area (Å²) in [6.45, 7) is 2.28. The van der Waals surface area contributed by atoms with E-state index in [1.807, 2.05) is 4.57 Å². The smallest absolute Gasteiger partial charge is 0.123 e. The first-order valence-electron chi connectivity index (χ1n) is 10.8. The first kappa shape index (κ1) is 18.8. The molecule has 0 fully saturated rings. The Morgan fingerprint density at radius 1 is 1.03 bits per heavy atom. The Kier molecular flexibility index (Phi) is 5.44. The predicted molar refractivity (Wildman–Crippen MR) is 121 cm³/mol. The molecule has 1 aliphatic rings. The van der Waals surface area contributed by atoms with Gasteiger partial charge in [0.25, 0.3) is 0 Å². The number of hydrogen-bond donors (Lipinski definition) is 1. The summed E-state index contributed by atoms with van der Waals surface area (Å²) in [6.07, 6.45) is 14.9. The largest absolute Gasteiger partial charge is 0.361 e. The molecule has 3 heterocycles. The molecule has 0 bridgehead atoms. The molecule has 5 rings (SSSR count). The Balaban J connectivity index is 1.25. The van der Waals surface area contributed by atoms with E-state index in [9.17, 15) is 0 Å². The van der Waals surface area contributed by atoms with Crippen molar-refractivity contribution < 1.29 is 0 Å². The van der Waals surface area contributed by atoms with Crippen molar-refractivity contribution in [3.05, 3.63) is 90.7 Å². The summed E-state index contributed by atoms with van der Waals surface area (Å²) in [5.74, 6) is 0. The SMILES string of the molecule is C1=CC(Cc2ccccc2)N(CCCc2c[nH]c3ccc(-n4cnnc4)cc23)CC1. The first-order valence-corrected chi connectivity index (χ1v) is 10.8. The highest BCUT2D eigenvalue weighted by atomic mass is 15.2. The third kappa shape index (κ3) is 4.07. The molecule has 0 radical (unpaired) electrons. The van der Waals surface area contributed by atoms with Crippen LogP contribution < -0.4 is 0 Å². The van der Waals surface area contributed by atoms with E-state index in [1.54, 1.807) is 12.7 Å². The van der Waals surface area contributed by atoms with Gasteiger partial charge in [-0.2, -0.15) is 0 Å². The average molecular weight is 398 g/mol. The van der Waals surface area contributed by atoms with Crippen molar-refractivity contribution in [3.63, 3.8) is 0 Å². The maximum atomic E-state index is 3.92. The predicted octanol–water partition coefficient (Wildman–Crippen LogP) is 4.55. The van der Waals surface area contributed by atoms with Crippen molar-refractivity contribution in [1.82, 2.24) is 24.6 Å². The highest BCUT2D eigenvalue weighted by molar-refractivity contribution is 5.85. The Hall–Kier alpha value is -3.18. The Labute approximate surface area is 177 Å². The second-order valence-electron chi connectivity index (χ2n) is 8.03. The van der Waals surface area contributed by atoms with Gasteiger partial charge in [-0.1, -0.05) is 42.5 Å². The fraction of sp³-hybridized carbons (Fsp3) is 0.280. The minimum atomic E-state index is 0.504. The van der Waals surface area contributed by atoms with Gasteiger partial charge in [0, 0.05) is 35.4 Å². The lowest BCUT2D eigenvalue weighted by Crippen LogP contribution is -2.39. The molecule has 1 N–H and O–H groups in total. The van der Waals surface area contributed by atoms with Gasteiger partial charge in [-0.05, 0) is 61.6 Å². The number of benzene rings is 2. The van der Waals surface area contributed by atoms with E-state index in [0.717, 1.165) is 44.5 Å². The van der Waals surface area contributed by atoms with Crippen molar-refractivity contribution in [2.24, 2.45) is 0 Å². The molecular formula is C25H27N5. The maximum Gasteiger partial charge on any atom is 0.123 e. The number of aromatic nitrogens is 4. The maximum absolute atomic E-state index is 3.92. The van der Waals surface area contributed by atoms with Gasteiger partial charge >= 0.3 is 0 Å². The first-order chi connectivity index (χ1) is 14.9. The normalized spacial score (nSPS) is 17.0. The van der Waals surface area contributed by atoms with Gasteiger partial charge in [0.15, 0.2) is 0 Å². The minimum absolute atomic E-state index is 0.504. The molecule has 1 atom stereocenters. The van der Waals surface area contributed by atoms with Crippen molar-refractivity contribution >= 4 is 10.9 Å². The molecule has 5 heteroatoms. The molecule has 0 saturated heterocycles. The Bertz CT molecular complexity index is 1110. The van der Waals surface area contributed by atoms with Crippen LogP contribution in [0.15, 0.2) is 79.5 Å². The van der Waals surface area contributed by atoms with Crippen LogP contribution in [-0.2, 0) is 12.8 Å². The second-order valence-corrected chi connectivity index (χ2v) is 8.03. The molecule has 30 heavy (non-hydrogen) atoms. The third-order valence-corrected chi connectivity index (χ3v) is 6.06. The van der Waals surface area contributed by atoms with E-state index in [-0.39, 0.29) is 0 Å². The number of fused-ring (bicyclic) bond motifs is 1. The summed E-state index contributed by atoms with van der Waals surface area (Å²) in [4.78, 5) is 6.07. The lowest BCUT2D eigenvalue weighted by Gasteiger charge is -2.32. The summed E-state index contributed by atoms with van der Waals surface area (Å²) in [5, 5.41) is 9.13. The Morgan fingerprint density at radius 2 is 1.90 bits per heavy atom. The van der Waals surface area contributed by atoms with Gasteiger partial charge in [0.05, 0.1) is 0 Å². The summed E-state index contributed by atoms with van der Waals surface area (Å²) in [6, 6.07) is 17.8. The molecule has 152 valence electrons. The molecule has 2 aromatic heterocycles. The van der Waals surface area contributed by atoms with E-state index < -0.39 is 0 Å². The number of hydrogen-bond acceptors (Lipinski definition) is 3. The molecule has 2 aromatic carbocycles. The van der Waals surface area contributed by atoms with Crippen molar-refractivity contribution in [3.8, 4) is 5.69 Å². The van der Waals surface area contributed by atoms with E-state index in [1.165, 1.54) is 22.0 Å². The topological polar surface area (TPSA) is 49.7 Å². The van der Waals surface area contributed by atoms with E-state index in [0.29, 0.717) is 6.04 Å². The number of nitrogens with zero attached hydrogens (tertiary/aromatic N) is 4. The van der Waals surface area contributed by atoms with Gasteiger partial charge in [0.2, 0.25) is 0 Å². The van der Waals surface area contributed by atoms with Crippen LogP contribution in [0, 0.1) is 0 Å². The van der Waals surface area contributed by atoms with Crippen LogP contribution in [0.4, 0.5) is 0 Å². The molecule has 1 aliphatic heterocycles. The highest BCUT2D eigenvalue weighted by Gasteiger charge is 2.18. The van der Waals surface area contributed by atoms with Crippen LogP contribution in [0.25, 0.3) is 16.6 Å². The quantitative estimate of drug-likeness (QED) is 0.465. The third-order valence-electron chi connectivity index (χ3n) is 6.06. The summed E-state index contributed by atoms with van der Waals surface area (Å²) >= 11 is 0. The molecule has 4 aromatic rings. The monoisotopic (exact) mass is 397 g/mol. The summed E-state index contributed by atoms with van der Waals surface area (Å²) in [7, 11) is 0. The highest BCUT2D eigenvalue weighted by Crippen LogP contribution is 2.23. The van der Waals surface area contributed by atoms with Gasteiger partial charge in [-0.15, -0.1) is 10.2 Å². The Morgan fingerprint density at radius 3 is 2.77 bits per heavy atom. The van der Waals surface area contributed by atoms with Gasteiger partial charge in [0.1, 0.15) is 12.7 Å². The lowest BCUT2D eigenvalue weighted by atomic mass is 10.00. The molecular weight excluding hydrogens is 370 g/mol.